The molecule has 7 heteroatoms. The molecule has 0 saturated carbocycles. The van der Waals surface area contributed by atoms with Crippen LogP contribution in [0.25, 0.3) is 22.7 Å². The van der Waals surface area contributed by atoms with E-state index in [4.69, 9.17) is 9.15 Å². The van der Waals surface area contributed by atoms with Gasteiger partial charge in [-0.1, -0.05) is 29.8 Å². The Morgan fingerprint density at radius 3 is 2.39 bits per heavy atom. The van der Waals surface area contributed by atoms with Gasteiger partial charge in [0.1, 0.15) is 12.0 Å². The Hall–Kier alpha value is -4.39. The van der Waals surface area contributed by atoms with Crippen LogP contribution in [0.3, 0.4) is 0 Å². The highest BCUT2D eigenvalue weighted by molar-refractivity contribution is 6.00. The lowest BCUT2D eigenvalue weighted by Gasteiger charge is -2.09. The van der Waals surface area contributed by atoms with Crippen LogP contribution >= 0.6 is 0 Å². The number of oxazole rings is 1. The lowest BCUT2D eigenvalue weighted by Crippen LogP contribution is -2.19. The molecule has 1 heterocycles. The number of anilines is 2. The van der Waals surface area contributed by atoms with Crippen LogP contribution in [-0.2, 0) is 4.74 Å². The van der Waals surface area contributed by atoms with Gasteiger partial charge in [0.05, 0.1) is 12.7 Å². The highest BCUT2D eigenvalue weighted by atomic mass is 16.5. The van der Waals surface area contributed by atoms with E-state index in [0.29, 0.717) is 22.8 Å². The number of benzene rings is 3. The van der Waals surface area contributed by atoms with E-state index in [0.717, 1.165) is 22.4 Å². The van der Waals surface area contributed by atoms with Gasteiger partial charge < -0.3 is 19.8 Å². The zero-order chi connectivity index (χ0) is 23.4. The fraction of sp³-hybridized carbons (Fsp3) is 0.115. The van der Waals surface area contributed by atoms with E-state index in [9.17, 15) is 9.59 Å². The predicted octanol–water partition coefficient (Wildman–Crippen LogP) is 6.06. The second kappa shape index (κ2) is 9.40. The Morgan fingerprint density at radius 2 is 1.67 bits per heavy atom. The third-order valence-electron chi connectivity index (χ3n) is 5.09. The number of amides is 2. The van der Waals surface area contributed by atoms with Crippen molar-refractivity contribution in [1.82, 2.24) is 4.98 Å². The van der Waals surface area contributed by atoms with Crippen molar-refractivity contribution in [1.29, 1.82) is 0 Å². The topological polar surface area (TPSA) is 93.5 Å². The van der Waals surface area contributed by atoms with Gasteiger partial charge in [0.2, 0.25) is 5.89 Å². The summed E-state index contributed by atoms with van der Waals surface area (Å²) in [4.78, 5) is 28.6. The van der Waals surface area contributed by atoms with Crippen molar-refractivity contribution in [2.75, 3.05) is 17.7 Å². The molecular weight excluding hydrogens is 418 g/mol. The number of nitrogens with zero attached hydrogens (tertiary/aromatic N) is 1. The molecule has 0 atom stereocenters. The zero-order valence-electron chi connectivity index (χ0n) is 18.5. The Labute approximate surface area is 191 Å². The maximum absolute atomic E-state index is 12.3. The Bertz CT molecular complexity index is 1310. The molecule has 7 nitrogen and oxygen atoms in total. The highest BCUT2D eigenvalue weighted by Crippen LogP contribution is 2.28. The number of aromatic nitrogens is 1. The molecule has 0 fully saturated rings. The summed E-state index contributed by atoms with van der Waals surface area (Å²) in [6, 6.07) is 19.5. The number of urea groups is 1. The Kier molecular flexibility index (Phi) is 6.22. The van der Waals surface area contributed by atoms with Crippen LogP contribution in [0.5, 0.6) is 0 Å². The molecule has 0 unspecified atom stereocenters. The predicted molar refractivity (Wildman–Crippen MR) is 127 cm³/mol. The zero-order valence-corrected chi connectivity index (χ0v) is 18.5. The Balaban J connectivity index is 1.42. The van der Waals surface area contributed by atoms with Gasteiger partial charge in [-0.3, -0.25) is 0 Å². The molecule has 166 valence electrons. The maximum Gasteiger partial charge on any atom is 0.337 e. The average molecular weight is 441 g/mol. The van der Waals surface area contributed by atoms with Gasteiger partial charge in [-0.05, 0) is 61.9 Å². The third-order valence-corrected chi connectivity index (χ3v) is 5.09. The third kappa shape index (κ3) is 5.10. The number of nitrogens with one attached hydrogen (secondary N) is 2. The largest absolute Gasteiger partial charge is 0.465 e. The van der Waals surface area contributed by atoms with Gasteiger partial charge in [-0.2, -0.15) is 0 Å². The number of methoxy groups -OCH3 is 1. The van der Waals surface area contributed by atoms with Gasteiger partial charge in [0.15, 0.2) is 0 Å². The molecule has 0 radical (unpaired) electrons. The molecule has 33 heavy (non-hydrogen) atoms. The van der Waals surface area contributed by atoms with Crippen molar-refractivity contribution in [2.45, 2.75) is 13.8 Å². The van der Waals surface area contributed by atoms with E-state index in [-0.39, 0.29) is 0 Å². The SMILES string of the molecule is COC(=O)c1cccc(NC(=O)Nc2ccc(-c3nc(-c4ccc(C)cc4C)co3)cc2)c1. The second-order valence-electron chi connectivity index (χ2n) is 7.59. The number of esters is 1. The van der Waals surface area contributed by atoms with Crippen molar-refractivity contribution in [3.63, 3.8) is 0 Å². The lowest BCUT2D eigenvalue weighted by atomic mass is 10.0. The molecule has 0 bridgehead atoms. The van der Waals surface area contributed by atoms with Gasteiger partial charge >= 0.3 is 12.0 Å². The highest BCUT2D eigenvalue weighted by Gasteiger charge is 2.12. The van der Waals surface area contributed by atoms with Crippen LogP contribution in [0.15, 0.2) is 77.4 Å². The number of carbonyl (C=O) groups is 2. The summed E-state index contributed by atoms with van der Waals surface area (Å²) in [5.41, 5.74) is 6.36. The molecule has 4 aromatic rings. The van der Waals surface area contributed by atoms with E-state index in [1.807, 2.05) is 31.2 Å². The van der Waals surface area contributed by atoms with Crippen molar-refractivity contribution in [2.24, 2.45) is 0 Å². The average Bonchev–Trinajstić information content (AvgIpc) is 3.29. The Morgan fingerprint density at radius 1 is 0.909 bits per heavy atom. The molecule has 0 spiro atoms. The van der Waals surface area contributed by atoms with E-state index in [1.54, 1.807) is 42.7 Å². The molecule has 0 aliphatic carbocycles. The van der Waals surface area contributed by atoms with Crippen LogP contribution < -0.4 is 10.6 Å². The first-order valence-electron chi connectivity index (χ1n) is 10.3. The van der Waals surface area contributed by atoms with Crippen LogP contribution in [-0.4, -0.2) is 24.1 Å². The van der Waals surface area contributed by atoms with Crippen LogP contribution in [0, 0.1) is 13.8 Å². The fourth-order valence-corrected chi connectivity index (χ4v) is 3.46. The summed E-state index contributed by atoms with van der Waals surface area (Å²) < 4.78 is 10.4. The molecule has 1 aromatic heterocycles. The van der Waals surface area contributed by atoms with Crippen LogP contribution in [0.4, 0.5) is 16.2 Å². The minimum atomic E-state index is -0.470. The van der Waals surface area contributed by atoms with E-state index in [1.165, 1.54) is 12.7 Å². The van der Waals surface area contributed by atoms with Gasteiger partial charge in [-0.25, -0.2) is 14.6 Å². The van der Waals surface area contributed by atoms with E-state index >= 15 is 0 Å². The summed E-state index contributed by atoms with van der Waals surface area (Å²) in [5.74, 6) is 0.0301. The molecule has 0 aliphatic heterocycles. The number of ether oxygens (including phenoxy) is 1. The number of carbonyl (C=O) groups excluding carboxylic acids is 2. The first kappa shape index (κ1) is 21.8. The first-order valence-corrected chi connectivity index (χ1v) is 10.3. The molecule has 4 rings (SSSR count). The van der Waals surface area contributed by atoms with Crippen molar-refractivity contribution < 1.29 is 18.7 Å². The standard InChI is InChI=1S/C26H23N3O4/c1-16-7-12-22(17(2)13-16)23-15-33-24(29-23)18-8-10-20(11-9-18)27-26(31)28-21-6-4-5-19(14-21)25(30)32-3/h4-15H,1-3H3,(H2,27,28,31). The molecule has 3 aromatic carbocycles. The minimum Gasteiger partial charge on any atom is -0.465 e. The summed E-state index contributed by atoms with van der Waals surface area (Å²) in [6.07, 6.45) is 1.65. The second-order valence-corrected chi connectivity index (χ2v) is 7.59. The van der Waals surface area contributed by atoms with E-state index in [2.05, 4.69) is 28.6 Å². The smallest absolute Gasteiger partial charge is 0.337 e. The molecule has 2 amide bonds. The van der Waals surface area contributed by atoms with Crippen LogP contribution in [0.1, 0.15) is 21.5 Å². The number of aryl methyl sites for hydroxylation is 2. The summed E-state index contributed by atoms with van der Waals surface area (Å²) in [7, 11) is 1.31. The summed E-state index contributed by atoms with van der Waals surface area (Å²) >= 11 is 0. The quantitative estimate of drug-likeness (QED) is 0.367. The first-order chi connectivity index (χ1) is 15.9. The summed E-state index contributed by atoms with van der Waals surface area (Å²) in [5, 5.41) is 5.46. The minimum absolute atomic E-state index is 0.353. The van der Waals surface area contributed by atoms with Crippen LogP contribution in [0.2, 0.25) is 0 Å². The van der Waals surface area contributed by atoms with Gasteiger partial charge in [0, 0.05) is 22.5 Å². The van der Waals surface area contributed by atoms with E-state index < -0.39 is 12.0 Å². The number of hydrogen-bond acceptors (Lipinski definition) is 5. The summed E-state index contributed by atoms with van der Waals surface area (Å²) in [6.45, 7) is 4.11. The number of rotatable bonds is 5. The maximum atomic E-state index is 12.3. The molecule has 0 saturated heterocycles. The fourth-order valence-electron chi connectivity index (χ4n) is 3.46. The number of hydrogen-bond donors (Lipinski definition) is 2. The monoisotopic (exact) mass is 441 g/mol. The van der Waals surface area contributed by atoms with Crippen molar-refractivity contribution in [3.05, 3.63) is 89.7 Å². The van der Waals surface area contributed by atoms with Gasteiger partial charge in [-0.15, -0.1) is 0 Å². The molecular formula is C26H23N3O4. The molecule has 0 aliphatic rings. The lowest BCUT2D eigenvalue weighted by molar-refractivity contribution is 0.0600. The van der Waals surface area contributed by atoms with Gasteiger partial charge in [0.25, 0.3) is 0 Å². The van der Waals surface area contributed by atoms with Crippen molar-refractivity contribution in [3.8, 4) is 22.7 Å². The normalized spacial score (nSPS) is 10.5. The van der Waals surface area contributed by atoms with Crippen molar-refractivity contribution >= 4 is 23.4 Å². The molecule has 2 N–H and O–H groups in total.